The molecule has 5 nitrogen and oxygen atoms in total. The fourth-order valence-corrected chi connectivity index (χ4v) is 1.80. The van der Waals surface area contributed by atoms with Crippen LogP contribution in [-0.4, -0.2) is 20.8 Å². The third-order valence-electron chi connectivity index (χ3n) is 2.38. The van der Waals surface area contributed by atoms with Crippen molar-refractivity contribution in [3.8, 4) is 5.88 Å². The van der Waals surface area contributed by atoms with Crippen LogP contribution in [0.25, 0.3) is 6.08 Å². The van der Waals surface area contributed by atoms with E-state index in [2.05, 4.69) is 15.0 Å². The van der Waals surface area contributed by atoms with E-state index < -0.39 is 5.56 Å². The van der Waals surface area contributed by atoms with Crippen molar-refractivity contribution < 1.29 is 5.11 Å². The molecule has 88 valence electrons. The molecular weight excluding hydrogens is 238 g/mol. The lowest BCUT2D eigenvalue weighted by Crippen LogP contribution is -2.11. The van der Waals surface area contributed by atoms with Crippen LogP contribution in [0, 0.1) is 4.77 Å². The molecule has 1 aliphatic rings. The molecule has 3 N–H and O–H groups in total. The van der Waals surface area contributed by atoms with Crippen molar-refractivity contribution in [2.75, 3.05) is 0 Å². The molecule has 0 aromatic carbocycles. The summed E-state index contributed by atoms with van der Waals surface area (Å²) in [4.78, 5) is 20.8. The van der Waals surface area contributed by atoms with E-state index in [1.807, 2.05) is 19.9 Å². The zero-order chi connectivity index (χ0) is 12.6. The number of H-pyrrole nitrogens is 2. The van der Waals surface area contributed by atoms with Crippen molar-refractivity contribution in [2.24, 2.45) is 4.99 Å². The van der Waals surface area contributed by atoms with Crippen molar-refractivity contribution in [3.05, 3.63) is 38.0 Å². The maximum Gasteiger partial charge on any atom is 0.262 e. The van der Waals surface area contributed by atoms with Crippen molar-refractivity contribution in [1.82, 2.24) is 9.97 Å². The van der Waals surface area contributed by atoms with Gasteiger partial charge >= 0.3 is 0 Å². The highest BCUT2D eigenvalue weighted by molar-refractivity contribution is 7.71. The lowest BCUT2D eigenvalue weighted by molar-refractivity contribution is 0.448. The Kier molecular flexibility index (Phi) is 2.81. The highest BCUT2D eigenvalue weighted by Crippen LogP contribution is 2.20. The second-order valence-electron chi connectivity index (χ2n) is 3.75. The highest BCUT2D eigenvalue weighted by atomic mass is 32.1. The van der Waals surface area contributed by atoms with Gasteiger partial charge in [0.05, 0.1) is 0 Å². The fraction of sp³-hybridized carbons (Fsp3) is 0.182. The van der Waals surface area contributed by atoms with Gasteiger partial charge in [-0.1, -0.05) is 0 Å². The minimum atomic E-state index is -0.426. The zero-order valence-corrected chi connectivity index (χ0v) is 10.2. The van der Waals surface area contributed by atoms with Crippen LogP contribution in [0.15, 0.2) is 27.1 Å². The van der Waals surface area contributed by atoms with Gasteiger partial charge in [-0.2, -0.15) is 0 Å². The Bertz CT molecular complexity index is 677. The molecule has 0 saturated heterocycles. The molecule has 2 rings (SSSR count). The first-order valence-electron chi connectivity index (χ1n) is 4.98. The van der Waals surface area contributed by atoms with Gasteiger partial charge in [0.15, 0.2) is 4.77 Å². The first-order valence-corrected chi connectivity index (χ1v) is 5.39. The lowest BCUT2D eigenvalue weighted by Gasteiger charge is -1.99. The smallest absolute Gasteiger partial charge is 0.262 e. The molecule has 1 aliphatic heterocycles. The van der Waals surface area contributed by atoms with Gasteiger partial charge in [0, 0.05) is 11.4 Å². The van der Waals surface area contributed by atoms with Crippen LogP contribution < -0.4 is 5.56 Å². The minimum Gasteiger partial charge on any atom is -0.494 e. The number of nitrogens with zero attached hydrogens (tertiary/aromatic N) is 1. The van der Waals surface area contributed by atoms with E-state index in [1.54, 1.807) is 6.08 Å². The number of rotatable bonds is 1. The van der Waals surface area contributed by atoms with E-state index in [9.17, 15) is 9.90 Å². The van der Waals surface area contributed by atoms with Crippen LogP contribution in [0.2, 0.25) is 0 Å². The van der Waals surface area contributed by atoms with E-state index in [0.717, 1.165) is 17.0 Å². The maximum absolute atomic E-state index is 11.6. The number of hydrogen-bond acceptors (Lipinski definition) is 4. The van der Waals surface area contributed by atoms with Crippen molar-refractivity contribution in [2.45, 2.75) is 13.8 Å². The predicted octanol–water partition coefficient (Wildman–Crippen LogP) is 1.90. The standard InChI is InChI=1S/C11H11N3O2S/c1-5-3-7(6(2)12-5)4-8-9(15)13-11(17)14-10(8)16/h3-4H,1-2H3,(H3,13,14,15,16,17)/b7-4+. The van der Waals surface area contributed by atoms with Crippen molar-refractivity contribution in [1.29, 1.82) is 0 Å². The first kappa shape index (κ1) is 11.5. The Hall–Kier alpha value is -1.95. The van der Waals surface area contributed by atoms with Crippen LogP contribution in [0.5, 0.6) is 5.88 Å². The van der Waals surface area contributed by atoms with Gasteiger partial charge in [-0.3, -0.25) is 14.8 Å². The molecule has 17 heavy (non-hydrogen) atoms. The summed E-state index contributed by atoms with van der Waals surface area (Å²) in [5, 5.41) is 9.64. The van der Waals surface area contributed by atoms with Crippen molar-refractivity contribution >= 4 is 24.0 Å². The Morgan fingerprint density at radius 3 is 2.65 bits per heavy atom. The monoisotopic (exact) mass is 249 g/mol. The summed E-state index contributed by atoms with van der Waals surface area (Å²) in [7, 11) is 0. The van der Waals surface area contributed by atoms with Crippen LogP contribution in [0.1, 0.15) is 19.4 Å². The number of allylic oxidation sites excluding steroid dienone is 3. The van der Waals surface area contributed by atoms with Gasteiger partial charge in [0.25, 0.3) is 5.56 Å². The number of aromatic nitrogens is 2. The predicted molar refractivity (Wildman–Crippen MR) is 68.8 cm³/mol. The molecule has 0 bridgehead atoms. The Labute approximate surface area is 102 Å². The molecule has 0 atom stereocenters. The maximum atomic E-state index is 11.6. The van der Waals surface area contributed by atoms with Crippen LogP contribution in [0.4, 0.5) is 0 Å². The summed E-state index contributed by atoms with van der Waals surface area (Å²) in [5.74, 6) is -0.239. The SMILES string of the molecule is CC1=C/C(=C\c2c(O)[nH]c(=S)[nH]c2=O)C(C)=N1. The number of nitrogens with one attached hydrogen (secondary N) is 2. The fourth-order valence-electron chi connectivity index (χ4n) is 1.61. The summed E-state index contributed by atoms with van der Waals surface area (Å²) in [6.45, 7) is 3.71. The van der Waals surface area contributed by atoms with Gasteiger partial charge in [-0.25, -0.2) is 0 Å². The third-order valence-corrected chi connectivity index (χ3v) is 2.59. The van der Waals surface area contributed by atoms with Crippen LogP contribution in [-0.2, 0) is 0 Å². The molecule has 2 heterocycles. The quantitative estimate of drug-likeness (QED) is 0.665. The molecule has 0 unspecified atom stereocenters. The summed E-state index contributed by atoms with van der Waals surface area (Å²) >= 11 is 4.74. The Morgan fingerprint density at radius 1 is 1.41 bits per heavy atom. The average molecular weight is 249 g/mol. The molecule has 0 fully saturated rings. The second-order valence-corrected chi connectivity index (χ2v) is 4.16. The molecule has 0 spiro atoms. The van der Waals surface area contributed by atoms with Gasteiger partial charge in [-0.05, 0) is 43.8 Å². The van der Waals surface area contributed by atoms with E-state index in [0.29, 0.717) is 0 Å². The molecule has 1 aromatic rings. The summed E-state index contributed by atoms with van der Waals surface area (Å²) in [6, 6.07) is 0. The van der Waals surface area contributed by atoms with E-state index >= 15 is 0 Å². The summed E-state index contributed by atoms with van der Waals surface area (Å²) in [5.41, 5.74) is 2.20. The van der Waals surface area contributed by atoms with Crippen LogP contribution >= 0.6 is 12.2 Å². The molecular formula is C11H11N3O2S. The molecule has 0 saturated carbocycles. The average Bonchev–Trinajstić information content (AvgIpc) is 2.51. The Morgan fingerprint density at radius 2 is 2.12 bits per heavy atom. The van der Waals surface area contributed by atoms with Crippen LogP contribution in [0.3, 0.4) is 0 Å². The molecule has 0 aliphatic carbocycles. The molecule has 0 radical (unpaired) electrons. The lowest BCUT2D eigenvalue weighted by atomic mass is 10.1. The molecule has 0 amide bonds. The molecule has 1 aromatic heterocycles. The van der Waals surface area contributed by atoms with Gasteiger partial charge < -0.3 is 10.1 Å². The first-order chi connectivity index (χ1) is 7.97. The minimum absolute atomic E-state index is 0.0955. The topological polar surface area (TPSA) is 81.2 Å². The Balaban J connectivity index is 2.59. The number of hydrogen-bond donors (Lipinski definition) is 3. The highest BCUT2D eigenvalue weighted by Gasteiger charge is 2.11. The van der Waals surface area contributed by atoms with Crippen molar-refractivity contribution in [3.63, 3.8) is 0 Å². The normalized spacial score (nSPS) is 17.2. The number of aliphatic imine (C=N–C) groups is 1. The van der Waals surface area contributed by atoms with Gasteiger partial charge in [0.2, 0.25) is 5.88 Å². The van der Waals surface area contributed by atoms with E-state index in [4.69, 9.17) is 12.2 Å². The molecule has 6 heteroatoms. The second kappa shape index (κ2) is 4.14. The largest absolute Gasteiger partial charge is 0.494 e. The van der Waals surface area contributed by atoms with E-state index in [-0.39, 0.29) is 16.2 Å². The number of aromatic amines is 2. The summed E-state index contributed by atoms with van der Waals surface area (Å²) in [6.07, 6.45) is 3.42. The van der Waals surface area contributed by atoms with Gasteiger partial charge in [-0.15, -0.1) is 0 Å². The summed E-state index contributed by atoms with van der Waals surface area (Å²) < 4.78 is 0.0955. The number of aromatic hydroxyl groups is 1. The zero-order valence-electron chi connectivity index (χ0n) is 9.37. The van der Waals surface area contributed by atoms with E-state index in [1.165, 1.54) is 0 Å². The van der Waals surface area contributed by atoms with Gasteiger partial charge in [0.1, 0.15) is 5.56 Å². The third kappa shape index (κ3) is 2.26.